The summed E-state index contributed by atoms with van der Waals surface area (Å²) in [5.41, 5.74) is 2.13. The lowest BCUT2D eigenvalue weighted by atomic mass is 10.2. The second kappa shape index (κ2) is 10.6. The van der Waals surface area contributed by atoms with Gasteiger partial charge in [0, 0.05) is 16.3 Å². The summed E-state index contributed by atoms with van der Waals surface area (Å²) < 4.78 is 31.1. The first-order valence-corrected chi connectivity index (χ1v) is 12.8. The van der Waals surface area contributed by atoms with Gasteiger partial charge in [0.05, 0.1) is 19.1 Å². The van der Waals surface area contributed by atoms with E-state index in [0.29, 0.717) is 17.1 Å². The molecule has 1 atom stereocenters. The van der Waals surface area contributed by atoms with Crippen LogP contribution in [0.4, 0.5) is 11.4 Å². The molecule has 0 aliphatic heterocycles. The van der Waals surface area contributed by atoms with Crippen molar-refractivity contribution in [3.8, 4) is 5.75 Å². The summed E-state index contributed by atoms with van der Waals surface area (Å²) in [4.78, 5) is 14.0. The Bertz CT molecular complexity index is 1130. The fraction of sp³-hybridized carbons (Fsp3) is 0.208. The largest absolute Gasteiger partial charge is 0.497 e. The van der Waals surface area contributed by atoms with E-state index in [0.717, 1.165) is 21.9 Å². The molecule has 3 aromatic rings. The number of nitrogens with zero attached hydrogens (tertiary/aromatic N) is 1. The summed E-state index contributed by atoms with van der Waals surface area (Å²) in [6.45, 7) is 1.56. The van der Waals surface area contributed by atoms with Crippen molar-refractivity contribution in [2.75, 3.05) is 23.0 Å². The van der Waals surface area contributed by atoms with E-state index in [1.54, 1.807) is 43.0 Å². The first-order valence-electron chi connectivity index (χ1n) is 9.99. The maximum Gasteiger partial charge on any atom is 0.247 e. The Morgan fingerprint density at radius 3 is 2.19 bits per heavy atom. The molecule has 1 N–H and O–H groups in total. The first-order chi connectivity index (χ1) is 15.3. The second-order valence-electron chi connectivity index (χ2n) is 7.22. The molecule has 0 bridgehead atoms. The third kappa shape index (κ3) is 6.27. The van der Waals surface area contributed by atoms with E-state index >= 15 is 0 Å². The molecule has 3 aromatic carbocycles. The molecule has 32 heavy (non-hydrogen) atoms. The third-order valence-electron chi connectivity index (χ3n) is 4.79. The van der Waals surface area contributed by atoms with Gasteiger partial charge in [-0.2, -0.15) is 0 Å². The van der Waals surface area contributed by atoms with Crippen molar-refractivity contribution in [1.29, 1.82) is 0 Å². The van der Waals surface area contributed by atoms with Crippen molar-refractivity contribution < 1.29 is 17.9 Å². The number of ether oxygens (including phenoxy) is 1. The van der Waals surface area contributed by atoms with E-state index < -0.39 is 22.0 Å². The summed E-state index contributed by atoms with van der Waals surface area (Å²) in [5.74, 6) is 0.996. The fourth-order valence-electron chi connectivity index (χ4n) is 3.15. The molecule has 6 nitrogen and oxygen atoms in total. The minimum atomic E-state index is -3.69. The topological polar surface area (TPSA) is 75.7 Å². The molecule has 0 aliphatic carbocycles. The highest BCUT2D eigenvalue weighted by atomic mass is 32.2. The molecule has 0 radical (unpaired) electrons. The molecule has 0 unspecified atom stereocenters. The zero-order valence-corrected chi connectivity index (χ0v) is 19.8. The van der Waals surface area contributed by atoms with Gasteiger partial charge in [-0.25, -0.2) is 8.42 Å². The van der Waals surface area contributed by atoms with Gasteiger partial charge in [0.2, 0.25) is 15.9 Å². The minimum absolute atomic E-state index is 0.393. The summed E-state index contributed by atoms with van der Waals surface area (Å²) >= 11 is 1.74. The number of benzene rings is 3. The number of hydrogen-bond acceptors (Lipinski definition) is 5. The summed E-state index contributed by atoms with van der Waals surface area (Å²) in [5, 5.41) is 2.81. The maximum absolute atomic E-state index is 12.8. The van der Waals surface area contributed by atoms with E-state index in [9.17, 15) is 13.2 Å². The molecule has 3 rings (SSSR count). The number of methoxy groups -OCH3 is 1. The SMILES string of the molecule is COc1ccc(N([C@H](C)C(=O)Nc2ccc(CSc3ccccc3)cc2)S(C)(=O)=O)cc1. The first kappa shape index (κ1) is 23.7. The smallest absolute Gasteiger partial charge is 0.247 e. The van der Waals surface area contributed by atoms with Crippen molar-refractivity contribution in [2.45, 2.75) is 23.6 Å². The number of nitrogens with one attached hydrogen (secondary N) is 1. The van der Waals surface area contributed by atoms with Crippen molar-refractivity contribution in [3.63, 3.8) is 0 Å². The molecule has 8 heteroatoms. The van der Waals surface area contributed by atoms with Crippen LogP contribution in [0.1, 0.15) is 12.5 Å². The molecule has 1 amide bonds. The van der Waals surface area contributed by atoms with Gasteiger partial charge in [0.15, 0.2) is 0 Å². The Morgan fingerprint density at radius 1 is 1.00 bits per heavy atom. The van der Waals surface area contributed by atoms with E-state index in [-0.39, 0.29) is 0 Å². The molecule has 0 aromatic heterocycles. The molecule has 0 saturated heterocycles. The van der Waals surface area contributed by atoms with E-state index in [4.69, 9.17) is 4.74 Å². The van der Waals surface area contributed by atoms with Gasteiger partial charge in [-0.1, -0.05) is 30.3 Å². The molecular formula is C24H26N2O4S2. The molecule has 0 fully saturated rings. The highest BCUT2D eigenvalue weighted by molar-refractivity contribution is 7.98. The van der Waals surface area contributed by atoms with Gasteiger partial charge in [-0.3, -0.25) is 9.10 Å². The molecule has 0 spiro atoms. The van der Waals surface area contributed by atoms with Crippen LogP contribution in [0.25, 0.3) is 0 Å². The van der Waals surface area contributed by atoms with Gasteiger partial charge in [0.1, 0.15) is 11.8 Å². The number of hydrogen-bond donors (Lipinski definition) is 1. The van der Waals surface area contributed by atoms with Crippen molar-refractivity contribution in [1.82, 2.24) is 0 Å². The zero-order valence-electron chi connectivity index (χ0n) is 18.2. The fourth-order valence-corrected chi connectivity index (χ4v) is 5.20. The number of amides is 1. The molecule has 0 aliphatic rings. The Hall–Kier alpha value is -2.97. The number of anilines is 2. The van der Waals surface area contributed by atoms with Crippen molar-refractivity contribution in [3.05, 3.63) is 84.4 Å². The third-order valence-corrected chi connectivity index (χ3v) is 7.11. The summed E-state index contributed by atoms with van der Waals surface area (Å²) in [7, 11) is -2.15. The summed E-state index contributed by atoms with van der Waals surface area (Å²) in [6.07, 6.45) is 1.08. The van der Waals surface area contributed by atoms with Crippen LogP contribution in [0.15, 0.2) is 83.8 Å². The minimum Gasteiger partial charge on any atom is -0.497 e. The Balaban J connectivity index is 1.67. The Morgan fingerprint density at radius 2 is 1.62 bits per heavy atom. The predicted molar refractivity (Wildman–Crippen MR) is 131 cm³/mol. The second-order valence-corrected chi connectivity index (χ2v) is 10.1. The lowest BCUT2D eigenvalue weighted by molar-refractivity contribution is -0.116. The van der Waals surface area contributed by atoms with Crippen LogP contribution >= 0.6 is 11.8 Å². The monoisotopic (exact) mass is 470 g/mol. The lowest BCUT2D eigenvalue weighted by Gasteiger charge is -2.28. The van der Waals surface area contributed by atoms with E-state index in [2.05, 4.69) is 17.4 Å². The van der Waals surface area contributed by atoms with Gasteiger partial charge in [-0.15, -0.1) is 11.8 Å². The standard InChI is InChI=1S/C24H26N2O4S2/c1-18(26(32(3,28)29)21-13-15-22(30-2)16-14-21)24(27)25-20-11-9-19(10-12-20)17-31-23-7-5-4-6-8-23/h4-16,18H,17H2,1-3H3,(H,25,27)/t18-/m1/s1. The number of sulfonamides is 1. The molecule has 0 heterocycles. The molecule has 168 valence electrons. The van der Waals surface area contributed by atoms with Crippen LogP contribution in [-0.4, -0.2) is 33.7 Å². The van der Waals surface area contributed by atoms with Crippen molar-refractivity contribution >= 4 is 39.1 Å². The van der Waals surface area contributed by atoms with Crippen LogP contribution in [0.3, 0.4) is 0 Å². The van der Waals surface area contributed by atoms with Gasteiger partial charge < -0.3 is 10.1 Å². The van der Waals surface area contributed by atoms with Crippen LogP contribution in [0, 0.1) is 0 Å². The van der Waals surface area contributed by atoms with Crippen LogP contribution in [-0.2, 0) is 20.6 Å². The average molecular weight is 471 g/mol. The summed E-state index contributed by atoms with van der Waals surface area (Å²) in [6, 6.07) is 23.3. The lowest BCUT2D eigenvalue weighted by Crippen LogP contribution is -2.45. The average Bonchev–Trinajstić information content (AvgIpc) is 2.79. The highest BCUT2D eigenvalue weighted by Crippen LogP contribution is 2.25. The number of rotatable bonds is 9. The molecular weight excluding hydrogens is 444 g/mol. The van der Waals surface area contributed by atoms with Crippen LogP contribution in [0.2, 0.25) is 0 Å². The number of thioether (sulfide) groups is 1. The Labute approximate surface area is 193 Å². The maximum atomic E-state index is 12.8. The van der Waals surface area contributed by atoms with Crippen LogP contribution < -0.4 is 14.4 Å². The normalized spacial score (nSPS) is 12.1. The van der Waals surface area contributed by atoms with E-state index in [1.807, 2.05) is 42.5 Å². The quantitative estimate of drug-likeness (QED) is 0.456. The zero-order chi connectivity index (χ0) is 23.1. The highest BCUT2D eigenvalue weighted by Gasteiger charge is 2.29. The van der Waals surface area contributed by atoms with Crippen LogP contribution in [0.5, 0.6) is 5.75 Å². The van der Waals surface area contributed by atoms with E-state index in [1.165, 1.54) is 12.0 Å². The van der Waals surface area contributed by atoms with Crippen molar-refractivity contribution in [2.24, 2.45) is 0 Å². The van der Waals surface area contributed by atoms with Gasteiger partial charge in [-0.05, 0) is 61.0 Å². The number of carbonyl (C=O) groups is 1. The number of carbonyl (C=O) groups excluding carboxylic acids is 1. The predicted octanol–water partition coefficient (Wildman–Crippen LogP) is 4.78. The van der Waals surface area contributed by atoms with Gasteiger partial charge in [0.25, 0.3) is 0 Å². The Kier molecular flexibility index (Phi) is 7.82. The van der Waals surface area contributed by atoms with Gasteiger partial charge >= 0.3 is 0 Å². The molecule has 0 saturated carbocycles.